The lowest BCUT2D eigenvalue weighted by molar-refractivity contribution is -0.337. The predicted octanol–water partition coefficient (Wildman–Crippen LogP) is 5.40. The molecule has 15 heteroatoms. The van der Waals surface area contributed by atoms with Gasteiger partial charge in [-0.15, -0.1) is 0 Å². The van der Waals surface area contributed by atoms with Gasteiger partial charge in [0.05, 0.1) is 0 Å². The molecule has 0 amide bonds. The van der Waals surface area contributed by atoms with Crippen LogP contribution in [0.15, 0.2) is 4.40 Å². The van der Waals surface area contributed by atoms with Crippen molar-refractivity contribution in [3.63, 3.8) is 0 Å². The lowest BCUT2D eigenvalue weighted by Crippen LogP contribution is -2.55. The highest BCUT2D eigenvalue weighted by atomic mass is 32.5. The SMILES string of the molecule is FC(=NS(F)(F)(F)(F)F)C(F)(F)C(F)(F)C(F)(F)F. The first-order valence-electron chi connectivity index (χ1n) is 3.44. The van der Waals surface area contributed by atoms with Crippen molar-refractivity contribution < 1.29 is 54.6 Å². The molecule has 0 spiro atoms. The molecule has 1 nitrogen and oxygen atoms in total. The van der Waals surface area contributed by atoms with E-state index in [0.717, 1.165) is 0 Å². The molecule has 0 radical (unpaired) electrons. The van der Waals surface area contributed by atoms with Crippen LogP contribution in [-0.4, -0.2) is 24.0 Å². The molecule has 0 bridgehead atoms. The Kier molecular flexibility index (Phi) is 3.25. The first-order valence-corrected chi connectivity index (χ1v) is 5.35. The molecule has 0 fully saturated rings. The second-order valence-electron chi connectivity index (χ2n) is 2.96. The number of hydrogen-bond donors (Lipinski definition) is 0. The maximum atomic E-state index is 12.2. The Balaban J connectivity index is 5.93. The summed E-state index contributed by atoms with van der Waals surface area (Å²) in [6, 6.07) is 0. The van der Waals surface area contributed by atoms with E-state index >= 15 is 0 Å². The maximum Gasteiger partial charge on any atom is 0.460 e. The Morgan fingerprint density at radius 2 is 1.05 bits per heavy atom. The van der Waals surface area contributed by atoms with Gasteiger partial charge in [0.1, 0.15) is 0 Å². The Morgan fingerprint density at radius 1 is 0.737 bits per heavy atom. The van der Waals surface area contributed by atoms with Crippen molar-refractivity contribution in [3.05, 3.63) is 0 Å². The van der Waals surface area contributed by atoms with Crippen LogP contribution in [0.1, 0.15) is 0 Å². The van der Waals surface area contributed by atoms with Gasteiger partial charge in [-0.25, -0.2) is 0 Å². The van der Waals surface area contributed by atoms with Crippen molar-refractivity contribution in [2.24, 2.45) is 4.40 Å². The Bertz CT molecular complexity index is 396. The highest BCUT2D eigenvalue weighted by molar-refractivity contribution is 8.44. The van der Waals surface area contributed by atoms with Crippen LogP contribution in [0.3, 0.4) is 0 Å². The van der Waals surface area contributed by atoms with Gasteiger partial charge in [-0.3, -0.25) is 0 Å². The average molecular weight is 341 g/mol. The van der Waals surface area contributed by atoms with E-state index in [4.69, 9.17) is 0 Å². The monoisotopic (exact) mass is 341 g/mol. The number of halogens is 13. The van der Waals surface area contributed by atoms with Crippen molar-refractivity contribution in [2.75, 3.05) is 0 Å². The third-order valence-electron chi connectivity index (χ3n) is 1.26. The van der Waals surface area contributed by atoms with Gasteiger partial charge in [0.2, 0.25) is 0 Å². The standard InChI is InChI=1S/C4F13NS/c5-1(18-19(13,14,15,16)17)2(6,7)3(8,9)4(10,11)12. The normalized spacial score (nSPS) is 19.9. The highest BCUT2D eigenvalue weighted by Gasteiger charge is 2.77. The van der Waals surface area contributed by atoms with Crippen LogP contribution in [-0.2, 0) is 0 Å². The molecule has 0 heterocycles. The molecular weight excluding hydrogens is 341 g/mol. The van der Waals surface area contributed by atoms with Crippen molar-refractivity contribution >= 4 is 16.4 Å². The van der Waals surface area contributed by atoms with E-state index in [1.807, 2.05) is 0 Å². The van der Waals surface area contributed by atoms with Crippen LogP contribution in [0, 0.1) is 0 Å². The second kappa shape index (κ2) is 3.41. The Hall–Kier alpha value is -0.890. The molecule has 0 atom stereocenters. The van der Waals surface area contributed by atoms with Crippen LogP contribution >= 0.6 is 10.4 Å². The summed E-state index contributed by atoms with van der Waals surface area (Å²) in [5.41, 5.74) is 0. The molecule has 0 unspecified atom stereocenters. The van der Waals surface area contributed by atoms with Gasteiger partial charge >= 0.3 is 28.4 Å². The maximum absolute atomic E-state index is 12.2. The minimum Gasteiger partial charge on any atom is -0.189 e. The van der Waals surface area contributed by atoms with Gasteiger partial charge < -0.3 is 0 Å². The molecule has 0 rings (SSSR count). The largest absolute Gasteiger partial charge is 0.460 e. The predicted molar refractivity (Wildman–Crippen MR) is 37.6 cm³/mol. The summed E-state index contributed by atoms with van der Waals surface area (Å²) >= 11 is 0. The first kappa shape index (κ1) is 18.1. The molecule has 0 saturated heterocycles. The summed E-state index contributed by atoms with van der Waals surface area (Å²) in [6.45, 7) is 0. The molecule has 0 aliphatic rings. The molecule has 19 heavy (non-hydrogen) atoms. The summed E-state index contributed by atoms with van der Waals surface area (Å²) in [7, 11) is -11.3. The molecule has 0 aliphatic carbocycles. The Morgan fingerprint density at radius 3 is 1.26 bits per heavy atom. The van der Waals surface area contributed by atoms with Gasteiger partial charge in [-0.1, -0.05) is 23.8 Å². The number of rotatable bonds is 3. The summed E-state index contributed by atoms with van der Waals surface area (Å²) in [4.78, 5) is 0. The van der Waals surface area contributed by atoms with E-state index in [1.54, 1.807) is 0 Å². The summed E-state index contributed by atoms with van der Waals surface area (Å²) in [6.07, 6.45) is -7.19. The summed E-state index contributed by atoms with van der Waals surface area (Å²) < 4.78 is 151. The highest BCUT2D eigenvalue weighted by Crippen LogP contribution is 2.99. The first-order chi connectivity index (χ1) is 7.60. The fourth-order valence-corrected chi connectivity index (χ4v) is 0.934. The van der Waals surface area contributed by atoms with Gasteiger partial charge in [-0.2, -0.15) is 35.1 Å². The van der Waals surface area contributed by atoms with Crippen molar-refractivity contribution in [2.45, 2.75) is 18.0 Å². The summed E-state index contributed by atoms with van der Waals surface area (Å²) in [5.74, 6) is -19.5. The van der Waals surface area contributed by atoms with Crippen LogP contribution < -0.4 is 0 Å². The molecule has 0 aromatic heterocycles. The molecule has 118 valence electrons. The van der Waals surface area contributed by atoms with E-state index < -0.39 is 38.8 Å². The topological polar surface area (TPSA) is 12.4 Å². The van der Waals surface area contributed by atoms with Crippen LogP contribution in [0.4, 0.5) is 54.6 Å². The van der Waals surface area contributed by atoms with E-state index in [9.17, 15) is 54.6 Å². The third-order valence-corrected chi connectivity index (χ3v) is 1.77. The molecule has 0 aliphatic heterocycles. The van der Waals surface area contributed by atoms with Gasteiger partial charge in [0, 0.05) is 0 Å². The number of alkyl halides is 7. The zero-order valence-electron chi connectivity index (χ0n) is 7.77. The van der Waals surface area contributed by atoms with E-state index in [2.05, 4.69) is 0 Å². The molecule has 0 N–H and O–H groups in total. The van der Waals surface area contributed by atoms with Crippen LogP contribution in [0.25, 0.3) is 0 Å². The fourth-order valence-electron chi connectivity index (χ4n) is 0.516. The van der Waals surface area contributed by atoms with Gasteiger partial charge in [-0.05, 0) is 0 Å². The molecule has 0 aromatic rings. The minimum absolute atomic E-state index is 0.471. The average Bonchev–Trinajstić information content (AvgIpc) is 1.94. The van der Waals surface area contributed by atoms with E-state index in [1.165, 1.54) is 0 Å². The number of hydrogen-bond acceptors (Lipinski definition) is 1. The third kappa shape index (κ3) is 4.31. The molecular formula is C4F13NS. The quantitative estimate of drug-likeness (QED) is 0.481. The fraction of sp³-hybridized carbons (Fsp3) is 0.750. The van der Waals surface area contributed by atoms with Crippen molar-refractivity contribution in [1.82, 2.24) is 0 Å². The lowest BCUT2D eigenvalue weighted by atomic mass is 10.1. The zero-order chi connectivity index (χ0) is 16.2. The number of nitrogens with zero attached hydrogens (tertiary/aromatic N) is 1. The Labute approximate surface area is 94.5 Å². The summed E-state index contributed by atoms with van der Waals surface area (Å²) in [5, 5.41) is 0. The van der Waals surface area contributed by atoms with Crippen molar-refractivity contribution in [1.29, 1.82) is 0 Å². The second-order valence-corrected chi connectivity index (χ2v) is 5.00. The smallest absolute Gasteiger partial charge is 0.189 e. The molecule has 0 saturated carbocycles. The molecule has 0 aromatic carbocycles. The van der Waals surface area contributed by atoms with E-state index in [0.29, 0.717) is 0 Å². The minimum atomic E-state index is -11.3. The van der Waals surface area contributed by atoms with E-state index in [-0.39, 0.29) is 0 Å². The van der Waals surface area contributed by atoms with Crippen molar-refractivity contribution in [3.8, 4) is 0 Å². The lowest BCUT2D eigenvalue weighted by Gasteiger charge is -2.36. The van der Waals surface area contributed by atoms with Crippen LogP contribution in [0.2, 0.25) is 0 Å². The van der Waals surface area contributed by atoms with Gasteiger partial charge in [0.25, 0.3) is 5.97 Å². The zero-order valence-corrected chi connectivity index (χ0v) is 8.59. The van der Waals surface area contributed by atoms with Gasteiger partial charge in [0.15, 0.2) is 0 Å². The van der Waals surface area contributed by atoms with Crippen LogP contribution in [0.5, 0.6) is 0 Å².